The van der Waals surface area contributed by atoms with Gasteiger partial charge in [-0.05, 0) is 52.3 Å². The lowest BCUT2D eigenvalue weighted by Gasteiger charge is -1.99. The number of oxazole rings is 1. The van der Waals surface area contributed by atoms with Gasteiger partial charge in [0.25, 0.3) is 0 Å². The lowest BCUT2D eigenvalue weighted by Crippen LogP contribution is -2.00. The Morgan fingerprint density at radius 2 is 2.05 bits per heavy atom. The lowest BCUT2D eigenvalue weighted by molar-refractivity contribution is 0.0601. The molecule has 108 valence electrons. The second kappa shape index (κ2) is 5.62. The Bertz CT molecular complexity index is 908. The summed E-state index contributed by atoms with van der Waals surface area (Å²) in [6.45, 7) is 7.07. The van der Waals surface area contributed by atoms with E-state index >= 15 is 0 Å². The number of hydrogen-bond acceptors (Lipinski definition) is 4. The molecule has 0 aliphatic rings. The van der Waals surface area contributed by atoms with Crippen molar-refractivity contribution < 1.29 is 13.9 Å². The van der Waals surface area contributed by atoms with Gasteiger partial charge < -0.3 is 9.15 Å². The topological polar surface area (TPSA) is 56.7 Å². The fourth-order valence-electron chi connectivity index (χ4n) is 2.03. The molecule has 0 unspecified atom stereocenters. The fourth-order valence-corrected chi connectivity index (χ4v) is 2.55. The van der Waals surface area contributed by atoms with Crippen molar-refractivity contribution in [3.8, 4) is 11.5 Å². The summed E-state index contributed by atoms with van der Waals surface area (Å²) in [5.74, 6) is 0.0304. The van der Waals surface area contributed by atoms with Crippen LogP contribution in [0, 0.1) is 6.57 Å². The molecule has 1 aromatic heterocycles. The third-order valence-electron chi connectivity index (χ3n) is 3.11. The fraction of sp³-hybridized carbons (Fsp3) is 0.0625. The van der Waals surface area contributed by atoms with Crippen LogP contribution in [-0.4, -0.2) is 18.1 Å². The maximum absolute atomic E-state index is 11.4. The van der Waals surface area contributed by atoms with Crippen LogP contribution in [0.25, 0.3) is 27.4 Å². The van der Waals surface area contributed by atoms with Crippen molar-refractivity contribution in [1.29, 1.82) is 0 Å². The number of rotatable bonds is 2. The summed E-state index contributed by atoms with van der Waals surface area (Å²) in [5, 5.41) is 0. The van der Waals surface area contributed by atoms with E-state index in [0.717, 1.165) is 5.56 Å². The first-order chi connectivity index (χ1) is 10.6. The molecule has 2 aromatic carbocycles. The molecule has 1 heterocycles. The minimum Gasteiger partial charge on any atom is -0.465 e. The van der Waals surface area contributed by atoms with E-state index in [4.69, 9.17) is 11.0 Å². The number of carbonyl (C=O) groups excluding carboxylic acids is 1. The van der Waals surface area contributed by atoms with Gasteiger partial charge in [-0.25, -0.2) is 14.6 Å². The van der Waals surface area contributed by atoms with Crippen LogP contribution in [-0.2, 0) is 4.74 Å². The molecule has 0 saturated carbocycles. The van der Waals surface area contributed by atoms with E-state index in [1.54, 1.807) is 36.4 Å². The monoisotopic (exact) mass is 356 g/mol. The van der Waals surface area contributed by atoms with E-state index < -0.39 is 5.97 Å². The van der Waals surface area contributed by atoms with Gasteiger partial charge >= 0.3 is 5.97 Å². The van der Waals surface area contributed by atoms with Crippen LogP contribution < -0.4 is 0 Å². The van der Waals surface area contributed by atoms with Crippen molar-refractivity contribution in [2.75, 3.05) is 7.11 Å². The largest absolute Gasteiger partial charge is 0.465 e. The standard InChI is InChI=1S/C16H9BrN2O3/c1-18-11-7-12(17)14-13(8-11)19-15(22-14)9-3-5-10(6-4-9)16(20)21-2/h3-8H,2H3. The van der Waals surface area contributed by atoms with Crippen molar-refractivity contribution in [3.05, 3.63) is 57.9 Å². The third kappa shape index (κ3) is 2.47. The summed E-state index contributed by atoms with van der Waals surface area (Å²) in [6, 6.07) is 10.1. The van der Waals surface area contributed by atoms with Crippen molar-refractivity contribution in [2.45, 2.75) is 0 Å². The Morgan fingerprint density at radius 3 is 2.68 bits per heavy atom. The smallest absolute Gasteiger partial charge is 0.337 e. The number of aromatic nitrogens is 1. The van der Waals surface area contributed by atoms with E-state index in [1.165, 1.54) is 7.11 Å². The predicted molar refractivity (Wildman–Crippen MR) is 84.7 cm³/mol. The van der Waals surface area contributed by atoms with E-state index in [1.807, 2.05) is 0 Å². The summed E-state index contributed by atoms with van der Waals surface area (Å²) in [5.41, 5.74) is 2.87. The first-order valence-corrected chi connectivity index (χ1v) is 7.08. The van der Waals surface area contributed by atoms with Crippen LogP contribution in [0.5, 0.6) is 0 Å². The quantitative estimate of drug-likeness (QED) is 0.497. The molecule has 0 bridgehead atoms. The highest BCUT2D eigenvalue weighted by Gasteiger charge is 2.13. The predicted octanol–water partition coefficient (Wildman–Crippen LogP) is 4.59. The Hall–Kier alpha value is -2.65. The van der Waals surface area contributed by atoms with Crippen LogP contribution in [0.3, 0.4) is 0 Å². The van der Waals surface area contributed by atoms with Gasteiger partial charge in [0.1, 0.15) is 5.52 Å². The SMILES string of the molecule is [C-]#[N+]c1cc(Br)c2oc(-c3ccc(C(=O)OC)cc3)nc2c1. The maximum atomic E-state index is 11.4. The van der Waals surface area contributed by atoms with Gasteiger partial charge in [-0.1, -0.05) is 0 Å². The minimum absolute atomic E-state index is 0.395. The molecule has 0 atom stereocenters. The van der Waals surface area contributed by atoms with Crippen LogP contribution in [0.15, 0.2) is 45.3 Å². The highest BCUT2D eigenvalue weighted by Crippen LogP contribution is 2.33. The molecule has 3 rings (SSSR count). The van der Waals surface area contributed by atoms with Gasteiger partial charge in [-0.3, -0.25) is 0 Å². The van der Waals surface area contributed by atoms with Crippen LogP contribution in [0.2, 0.25) is 0 Å². The van der Waals surface area contributed by atoms with Gasteiger partial charge in [0.2, 0.25) is 5.89 Å². The van der Waals surface area contributed by atoms with Gasteiger partial charge in [0, 0.05) is 5.56 Å². The number of nitrogens with zero attached hydrogens (tertiary/aromatic N) is 2. The van der Waals surface area contributed by atoms with Crippen molar-refractivity contribution in [1.82, 2.24) is 4.98 Å². The van der Waals surface area contributed by atoms with Gasteiger partial charge in [-0.2, -0.15) is 0 Å². The second-order valence-electron chi connectivity index (χ2n) is 4.48. The van der Waals surface area contributed by atoms with Crippen LogP contribution in [0.1, 0.15) is 10.4 Å². The Morgan fingerprint density at radius 1 is 1.32 bits per heavy atom. The Labute approximate surface area is 134 Å². The number of benzene rings is 2. The van der Waals surface area contributed by atoms with Crippen molar-refractivity contribution in [2.24, 2.45) is 0 Å². The molecule has 0 amide bonds. The zero-order valence-corrected chi connectivity index (χ0v) is 13.0. The third-order valence-corrected chi connectivity index (χ3v) is 3.70. The zero-order valence-electron chi connectivity index (χ0n) is 11.5. The van der Waals surface area contributed by atoms with Crippen molar-refractivity contribution >= 4 is 38.7 Å². The normalized spacial score (nSPS) is 10.4. The number of esters is 1. The number of carbonyl (C=O) groups is 1. The molecule has 6 heteroatoms. The summed E-state index contributed by atoms with van der Waals surface area (Å²) in [4.78, 5) is 19.2. The average Bonchev–Trinajstić information content (AvgIpc) is 2.98. The lowest BCUT2D eigenvalue weighted by atomic mass is 10.1. The number of halogens is 1. The summed E-state index contributed by atoms with van der Waals surface area (Å²) in [6.07, 6.45) is 0. The van der Waals surface area contributed by atoms with Crippen LogP contribution in [0.4, 0.5) is 5.69 Å². The number of hydrogen-bond donors (Lipinski definition) is 0. The van der Waals surface area contributed by atoms with Gasteiger partial charge in [0.15, 0.2) is 11.3 Å². The number of ether oxygens (including phenoxy) is 1. The second-order valence-corrected chi connectivity index (χ2v) is 5.33. The molecule has 0 spiro atoms. The molecule has 3 aromatic rings. The molecular formula is C16H9BrN2O3. The highest BCUT2D eigenvalue weighted by molar-refractivity contribution is 9.10. The molecule has 0 saturated heterocycles. The van der Waals surface area contributed by atoms with Crippen molar-refractivity contribution in [3.63, 3.8) is 0 Å². The molecule has 0 fully saturated rings. The first-order valence-electron chi connectivity index (χ1n) is 6.28. The van der Waals surface area contributed by atoms with E-state index in [2.05, 4.69) is 30.5 Å². The number of fused-ring (bicyclic) bond motifs is 1. The molecule has 5 nitrogen and oxygen atoms in total. The number of methoxy groups -OCH3 is 1. The van der Waals surface area contributed by atoms with E-state index in [9.17, 15) is 4.79 Å². The maximum Gasteiger partial charge on any atom is 0.337 e. The first kappa shape index (κ1) is 14.3. The van der Waals surface area contributed by atoms with Crippen LogP contribution >= 0.6 is 15.9 Å². The average molecular weight is 357 g/mol. The van der Waals surface area contributed by atoms with E-state index in [0.29, 0.717) is 32.7 Å². The molecule has 0 N–H and O–H groups in total. The zero-order chi connectivity index (χ0) is 15.7. The van der Waals surface area contributed by atoms with E-state index in [-0.39, 0.29) is 0 Å². The minimum atomic E-state index is -0.395. The Kier molecular flexibility index (Phi) is 3.65. The molecule has 0 aliphatic carbocycles. The highest BCUT2D eigenvalue weighted by atomic mass is 79.9. The van der Waals surface area contributed by atoms with Gasteiger partial charge in [-0.15, -0.1) is 0 Å². The van der Waals surface area contributed by atoms with Gasteiger partial charge in [0.05, 0.1) is 23.7 Å². The summed E-state index contributed by atoms with van der Waals surface area (Å²) < 4.78 is 11.1. The Balaban J connectivity index is 2.05. The summed E-state index contributed by atoms with van der Waals surface area (Å²) in [7, 11) is 1.34. The summed E-state index contributed by atoms with van der Waals surface area (Å²) >= 11 is 3.38. The molecular weight excluding hydrogens is 348 g/mol. The molecule has 0 aliphatic heterocycles. The molecule has 22 heavy (non-hydrogen) atoms. The molecule has 0 radical (unpaired) electrons.